The topological polar surface area (TPSA) is 93.0 Å². The smallest absolute Gasteiger partial charge is 0.266 e. The maximum Gasteiger partial charge on any atom is 0.266 e. The number of fused-ring (bicyclic) bond motifs is 1. The van der Waals surface area contributed by atoms with Gasteiger partial charge in [-0.05, 0) is 47.4 Å². The van der Waals surface area contributed by atoms with Crippen molar-refractivity contribution in [3.8, 4) is 0 Å². The molecule has 0 spiro atoms. The first-order valence-electron chi connectivity index (χ1n) is 12.6. The van der Waals surface area contributed by atoms with Gasteiger partial charge in [-0.1, -0.05) is 42.5 Å². The highest BCUT2D eigenvalue weighted by atomic mass is 19.2. The van der Waals surface area contributed by atoms with Gasteiger partial charge in [0.15, 0.2) is 11.6 Å². The number of hydrogen-bond donors (Lipinski definition) is 1. The van der Waals surface area contributed by atoms with Crippen LogP contribution in [0.15, 0.2) is 90.4 Å². The monoisotopic (exact) mass is 540 g/mol. The number of amides is 1. The Labute approximate surface area is 229 Å². The van der Waals surface area contributed by atoms with E-state index in [1.807, 2.05) is 43.4 Å². The standard InChI is InChI=1S/C30H26F2N6O2/c1-37(12-11-20-5-3-2-4-6-20)28-23-13-21(8-10-27(23)35-18-36-28)15-34-29(39)24-16-33-19-38(30(24)40)17-22-7-9-25(31)26(32)14-22/h2-10,13-14,16,18-19H,11-12,15,17H2,1H3,(H,34,39). The summed E-state index contributed by atoms with van der Waals surface area (Å²) in [6.45, 7) is 0.860. The largest absolute Gasteiger partial charge is 0.359 e. The molecule has 5 rings (SSSR count). The van der Waals surface area contributed by atoms with Gasteiger partial charge in [-0.25, -0.2) is 23.7 Å². The van der Waals surface area contributed by atoms with Crippen molar-refractivity contribution in [1.29, 1.82) is 0 Å². The molecule has 202 valence electrons. The number of carbonyl (C=O) groups excluding carboxylic acids is 1. The SMILES string of the molecule is CN(CCc1ccccc1)c1ncnc2ccc(CNC(=O)c3cncn(Cc4ccc(F)c(F)c4)c3=O)cc12. The van der Waals surface area contributed by atoms with Crippen LogP contribution in [-0.4, -0.2) is 39.0 Å². The molecule has 0 bridgehead atoms. The van der Waals surface area contributed by atoms with Crippen molar-refractivity contribution in [2.45, 2.75) is 19.5 Å². The number of aromatic nitrogens is 4. The van der Waals surface area contributed by atoms with Gasteiger partial charge in [0, 0.05) is 31.7 Å². The number of hydrogen-bond acceptors (Lipinski definition) is 6. The third kappa shape index (κ3) is 6.01. The normalized spacial score (nSPS) is 11.0. The summed E-state index contributed by atoms with van der Waals surface area (Å²) < 4.78 is 28.0. The molecule has 0 saturated carbocycles. The molecule has 1 amide bonds. The molecule has 2 heterocycles. The summed E-state index contributed by atoms with van der Waals surface area (Å²) in [5.41, 5.74) is 2.43. The van der Waals surface area contributed by atoms with Crippen LogP contribution in [-0.2, 0) is 19.5 Å². The highest BCUT2D eigenvalue weighted by Crippen LogP contribution is 2.23. The van der Waals surface area contributed by atoms with Crippen LogP contribution in [0.5, 0.6) is 0 Å². The highest BCUT2D eigenvalue weighted by molar-refractivity contribution is 5.93. The molecule has 10 heteroatoms. The van der Waals surface area contributed by atoms with Gasteiger partial charge < -0.3 is 10.2 Å². The number of halogens is 2. The lowest BCUT2D eigenvalue weighted by Gasteiger charge is -2.20. The molecular weight excluding hydrogens is 514 g/mol. The average Bonchev–Trinajstić information content (AvgIpc) is 2.97. The van der Waals surface area contributed by atoms with E-state index < -0.39 is 23.1 Å². The zero-order chi connectivity index (χ0) is 28.1. The molecule has 0 atom stereocenters. The van der Waals surface area contributed by atoms with Crippen LogP contribution in [0.25, 0.3) is 10.9 Å². The van der Waals surface area contributed by atoms with E-state index in [4.69, 9.17) is 0 Å². The Kier molecular flexibility index (Phi) is 7.86. The van der Waals surface area contributed by atoms with E-state index >= 15 is 0 Å². The predicted molar refractivity (Wildman–Crippen MR) is 148 cm³/mol. The first-order valence-corrected chi connectivity index (χ1v) is 12.6. The molecule has 0 aliphatic heterocycles. The average molecular weight is 541 g/mol. The van der Waals surface area contributed by atoms with Crippen molar-refractivity contribution in [1.82, 2.24) is 24.8 Å². The number of nitrogens with one attached hydrogen (secondary N) is 1. The summed E-state index contributed by atoms with van der Waals surface area (Å²) in [5.74, 6) is -1.81. The summed E-state index contributed by atoms with van der Waals surface area (Å²) in [4.78, 5) is 40.7. The van der Waals surface area contributed by atoms with Crippen LogP contribution in [0.2, 0.25) is 0 Å². The Morgan fingerprint density at radius 1 is 0.950 bits per heavy atom. The fraction of sp³-hybridized carbons (Fsp3) is 0.167. The van der Waals surface area contributed by atoms with E-state index in [-0.39, 0.29) is 18.7 Å². The Bertz CT molecular complexity index is 1730. The van der Waals surface area contributed by atoms with Gasteiger partial charge in [0.05, 0.1) is 18.4 Å². The second-order valence-electron chi connectivity index (χ2n) is 9.38. The number of nitrogens with zero attached hydrogens (tertiary/aromatic N) is 5. The van der Waals surface area contributed by atoms with E-state index in [1.54, 1.807) is 0 Å². The van der Waals surface area contributed by atoms with Crippen molar-refractivity contribution in [3.63, 3.8) is 0 Å². The highest BCUT2D eigenvalue weighted by Gasteiger charge is 2.15. The van der Waals surface area contributed by atoms with E-state index in [1.165, 1.54) is 35.0 Å². The van der Waals surface area contributed by atoms with Crippen LogP contribution >= 0.6 is 0 Å². The second kappa shape index (κ2) is 11.8. The van der Waals surface area contributed by atoms with Crippen LogP contribution in [0.3, 0.4) is 0 Å². The van der Waals surface area contributed by atoms with Crippen molar-refractivity contribution in [2.24, 2.45) is 0 Å². The lowest BCUT2D eigenvalue weighted by Crippen LogP contribution is -2.33. The fourth-order valence-corrected chi connectivity index (χ4v) is 4.38. The number of benzene rings is 3. The first kappa shape index (κ1) is 26.6. The van der Waals surface area contributed by atoms with Gasteiger partial charge in [-0.3, -0.25) is 14.2 Å². The van der Waals surface area contributed by atoms with Gasteiger partial charge in [0.25, 0.3) is 11.5 Å². The molecule has 0 unspecified atom stereocenters. The summed E-state index contributed by atoms with van der Waals surface area (Å²) in [6, 6.07) is 19.2. The van der Waals surface area contributed by atoms with Crippen LogP contribution in [0.1, 0.15) is 27.0 Å². The third-order valence-electron chi connectivity index (χ3n) is 6.55. The van der Waals surface area contributed by atoms with Crippen LogP contribution in [0, 0.1) is 11.6 Å². The van der Waals surface area contributed by atoms with Crippen molar-refractivity contribution >= 4 is 22.6 Å². The zero-order valence-electron chi connectivity index (χ0n) is 21.7. The zero-order valence-corrected chi connectivity index (χ0v) is 21.7. The molecule has 0 aliphatic carbocycles. The summed E-state index contributed by atoms with van der Waals surface area (Å²) in [7, 11) is 1.98. The Balaban J connectivity index is 1.29. The van der Waals surface area contributed by atoms with E-state index in [9.17, 15) is 18.4 Å². The van der Waals surface area contributed by atoms with Gasteiger partial charge in [0.1, 0.15) is 17.7 Å². The lowest BCUT2D eigenvalue weighted by atomic mass is 10.1. The van der Waals surface area contributed by atoms with Crippen molar-refractivity contribution in [3.05, 3.63) is 130 Å². The minimum absolute atomic E-state index is 0.0601. The predicted octanol–water partition coefficient (Wildman–Crippen LogP) is 4.12. The molecule has 2 aromatic heterocycles. The van der Waals surface area contributed by atoms with Crippen LogP contribution in [0.4, 0.5) is 14.6 Å². The van der Waals surface area contributed by atoms with Crippen LogP contribution < -0.4 is 15.8 Å². The van der Waals surface area contributed by atoms with E-state index in [2.05, 4.69) is 37.3 Å². The number of anilines is 1. The summed E-state index contributed by atoms with van der Waals surface area (Å²) in [6.07, 6.45) is 4.83. The maximum atomic E-state index is 13.6. The molecule has 3 aromatic carbocycles. The minimum Gasteiger partial charge on any atom is -0.359 e. The third-order valence-corrected chi connectivity index (χ3v) is 6.55. The van der Waals surface area contributed by atoms with Gasteiger partial charge in [-0.2, -0.15) is 0 Å². The molecular formula is C30H26F2N6O2. The quantitative estimate of drug-likeness (QED) is 0.302. The van der Waals surface area contributed by atoms with E-state index in [0.29, 0.717) is 5.56 Å². The summed E-state index contributed by atoms with van der Waals surface area (Å²) in [5, 5.41) is 3.61. The fourth-order valence-electron chi connectivity index (χ4n) is 4.38. The van der Waals surface area contributed by atoms with E-state index in [0.717, 1.165) is 47.4 Å². The first-order chi connectivity index (χ1) is 19.4. The molecule has 1 N–H and O–H groups in total. The molecule has 0 radical (unpaired) electrons. The van der Waals surface area contributed by atoms with Crippen molar-refractivity contribution in [2.75, 3.05) is 18.5 Å². The van der Waals surface area contributed by atoms with Gasteiger partial charge in [-0.15, -0.1) is 0 Å². The van der Waals surface area contributed by atoms with Gasteiger partial charge in [0.2, 0.25) is 0 Å². The minimum atomic E-state index is -1.02. The number of likely N-dealkylation sites (N-methyl/N-ethyl adjacent to an activating group) is 1. The molecule has 0 fully saturated rings. The molecule has 0 aliphatic rings. The van der Waals surface area contributed by atoms with Gasteiger partial charge >= 0.3 is 0 Å². The Hall–Kier alpha value is -4.99. The van der Waals surface area contributed by atoms with Crippen molar-refractivity contribution < 1.29 is 13.6 Å². The number of rotatable bonds is 9. The second-order valence-corrected chi connectivity index (χ2v) is 9.38. The molecule has 0 saturated heterocycles. The molecule has 8 nitrogen and oxygen atoms in total. The lowest BCUT2D eigenvalue weighted by molar-refractivity contribution is 0.0948. The Morgan fingerprint density at radius 2 is 1.75 bits per heavy atom. The maximum absolute atomic E-state index is 13.6. The molecule has 5 aromatic rings. The molecule has 40 heavy (non-hydrogen) atoms. The summed E-state index contributed by atoms with van der Waals surface area (Å²) >= 11 is 0. The Morgan fingerprint density at radius 3 is 2.55 bits per heavy atom. The number of carbonyl (C=O) groups is 1.